The van der Waals surface area contributed by atoms with E-state index in [9.17, 15) is 9.90 Å². The highest BCUT2D eigenvalue weighted by molar-refractivity contribution is 5.68. The number of allylic oxidation sites excluding steroid dienone is 1. The number of nitrogens with one attached hydrogen (secondary N) is 1. The number of carbonyl (C=O) groups excluding carboxylic acids is 1. The van der Waals surface area contributed by atoms with Crippen molar-refractivity contribution in [2.45, 2.75) is 45.1 Å². The van der Waals surface area contributed by atoms with E-state index >= 15 is 0 Å². The molecule has 94 valence electrons. The SMILES string of the molecule is C=CCCC(C)(CO)NC(=O)OCCCC. The Hall–Kier alpha value is -1.03. The van der Waals surface area contributed by atoms with Crippen LogP contribution in [-0.4, -0.2) is 30.0 Å². The van der Waals surface area contributed by atoms with Crippen molar-refractivity contribution in [3.63, 3.8) is 0 Å². The molecule has 16 heavy (non-hydrogen) atoms. The molecule has 0 aliphatic carbocycles. The van der Waals surface area contributed by atoms with Crippen molar-refractivity contribution in [1.29, 1.82) is 0 Å². The van der Waals surface area contributed by atoms with Crippen LogP contribution < -0.4 is 5.32 Å². The van der Waals surface area contributed by atoms with Gasteiger partial charge in [-0.05, 0) is 26.2 Å². The minimum absolute atomic E-state index is 0.107. The molecule has 0 aromatic rings. The highest BCUT2D eigenvalue weighted by Gasteiger charge is 2.25. The molecule has 1 atom stereocenters. The zero-order chi connectivity index (χ0) is 12.4. The fraction of sp³-hybridized carbons (Fsp3) is 0.750. The number of hydrogen-bond acceptors (Lipinski definition) is 3. The molecule has 0 bridgehead atoms. The average molecular weight is 229 g/mol. The molecule has 1 unspecified atom stereocenters. The van der Waals surface area contributed by atoms with E-state index in [4.69, 9.17) is 4.74 Å². The van der Waals surface area contributed by atoms with E-state index in [0.29, 0.717) is 13.0 Å². The van der Waals surface area contributed by atoms with E-state index < -0.39 is 11.6 Å². The standard InChI is InChI=1S/C12H23NO3/c1-4-6-8-12(3,10-14)13-11(15)16-9-7-5-2/h4,14H,1,5-10H2,2-3H3,(H,13,15). The molecule has 0 rings (SSSR count). The van der Waals surface area contributed by atoms with Crippen LogP contribution in [0.15, 0.2) is 12.7 Å². The van der Waals surface area contributed by atoms with Gasteiger partial charge in [-0.15, -0.1) is 6.58 Å². The van der Waals surface area contributed by atoms with Gasteiger partial charge in [0, 0.05) is 0 Å². The second kappa shape index (κ2) is 8.16. The lowest BCUT2D eigenvalue weighted by Gasteiger charge is -2.27. The lowest BCUT2D eigenvalue weighted by Crippen LogP contribution is -2.49. The molecule has 0 aromatic heterocycles. The molecule has 0 aliphatic heterocycles. The Bertz CT molecular complexity index is 218. The van der Waals surface area contributed by atoms with Crippen molar-refractivity contribution >= 4 is 6.09 Å². The number of aliphatic hydroxyl groups excluding tert-OH is 1. The minimum atomic E-state index is -0.627. The van der Waals surface area contributed by atoms with Crippen molar-refractivity contribution in [1.82, 2.24) is 5.32 Å². The van der Waals surface area contributed by atoms with Gasteiger partial charge in [-0.25, -0.2) is 4.79 Å². The molecule has 4 nitrogen and oxygen atoms in total. The molecule has 0 aromatic carbocycles. The summed E-state index contributed by atoms with van der Waals surface area (Å²) in [6.45, 7) is 7.75. The molecular formula is C12H23NO3. The first-order valence-corrected chi connectivity index (χ1v) is 5.74. The predicted molar refractivity (Wildman–Crippen MR) is 64.3 cm³/mol. The number of amides is 1. The normalized spacial score (nSPS) is 13.9. The third-order valence-electron chi connectivity index (χ3n) is 2.38. The second-order valence-electron chi connectivity index (χ2n) is 4.16. The summed E-state index contributed by atoms with van der Waals surface area (Å²) in [7, 11) is 0. The molecule has 0 aliphatic rings. The van der Waals surface area contributed by atoms with Gasteiger partial charge in [0.2, 0.25) is 0 Å². The Morgan fingerprint density at radius 1 is 1.62 bits per heavy atom. The first kappa shape index (κ1) is 15.0. The third kappa shape index (κ3) is 6.45. The van der Waals surface area contributed by atoms with Gasteiger partial charge in [0.25, 0.3) is 0 Å². The maximum Gasteiger partial charge on any atom is 0.407 e. The van der Waals surface area contributed by atoms with Crippen LogP contribution in [-0.2, 0) is 4.74 Å². The lowest BCUT2D eigenvalue weighted by atomic mass is 9.97. The van der Waals surface area contributed by atoms with Gasteiger partial charge in [0.15, 0.2) is 0 Å². The van der Waals surface area contributed by atoms with E-state index in [0.717, 1.165) is 19.3 Å². The highest BCUT2D eigenvalue weighted by atomic mass is 16.5. The van der Waals surface area contributed by atoms with Crippen LogP contribution >= 0.6 is 0 Å². The summed E-state index contributed by atoms with van der Waals surface area (Å²) in [5, 5.41) is 11.9. The number of hydrogen-bond donors (Lipinski definition) is 2. The van der Waals surface area contributed by atoms with E-state index in [1.807, 2.05) is 6.92 Å². The van der Waals surface area contributed by atoms with Crippen LogP contribution in [0, 0.1) is 0 Å². The van der Waals surface area contributed by atoms with Crippen molar-refractivity contribution < 1.29 is 14.6 Å². The Morgan fingerprint density at radius 2 is 2.31 bits per heavy atom. The summed E-state index contributed by atoms with van der Waals surface area (Å²) in [6, 6.07) is 0. The van der Waals surface area contributed by atoms with Gasteiger partial charge in [-0.3, -0.25) is 0 Å². The first-order valence-electron chi connectivity index (χ1n) is 5.74. The number of alkyl carbamates (subject to hydrolysis) is 1. The third-order valence-corrected chi connectivity index (χ3v) is 2.38. The maximum atomic E-state index is 11.4. The van der Waals surface area contributed by atoms with E-state index in [1.54, 1.807) is 13.0 Å². The summed E-state index contributed by atoms with van der Waals surface area (Å²) < 4.78 is 4.97. The van der Waals surface area contributed by atoms with Crippen molar-refractivity contribution in [3.8, 4) is 0 Å². The molecule has 0 saturated carbocycles. The van der Waals surface area contributed by atoms with Gasteiger partial charge < -0.3 is 15.2 Å². The molecule has 0 radical (unpaired) electrons. The summed E-state index contributed by atoms with van der Waals surface area (Å²) >= 11 is 0. The lowest BCUT2D eigenvalue weighted by molar-refractivity contribution is 0.112. The fourth-order valence-electron chi connectivity index (χ4n) is 1.19. The molecule has 0 saturated heterocycles. The van der Waals surface area contributed by atoms with Crippen LogP contribution in [0.25, 0.3) is 0 Å². The summed E-state index contributed by atoms with van der Waals surface area (Å²) in [5.41, 5.74) is -0.627. The monoisotopic (exact) mass is 229 g/mol. The molecular weight excluding hydrogens is 206 g/mol. The summed E-state index contributed by atoms with van der Waals surface area (Å²) in [4.78, 5) is 11.4. The molecule has 0 fully saturated rings. The van der Waals surface area contributed by atoms with Crippen LogP contribution in [0.1, 0.15) is 39.5 Å². The predicted octanol–water partition coefficient (Wildman–Crippen LogP) is 2.23. The number of aliphatic hydroxyl groups is 1. The quantitative estimate of drug-likeness (QED) is 0.495. The summed E-state index contributed by atoms with van der Waals surface area (Å²) in [6.07, 6.45) is 4.53. The minimum Gasteiger partial charge on any atom is -0.450 e. The van der Waals surface area contributed by atoms with E-state index in [1.165, 1.54) is 0 Å². The molecule has 0 spiro atoms. The Labute approximate surface area is 97.7 Å². The fourth-order valence-corrected chi connectivity index (χ4v) is 1.19. The highest BCUT2D eigenvalue weighted by Crippen LogP contribution is 2.12. The van der Waals surface area contributed by atoms with Crippen molar-refractivity contribution in [2.75, 3.05) is 13.2 Å². The zero-order valence-corrected chi connectivity index (χ0v) is 10.3. The maximum absolute atomic E-state index is 11.4. The number of rotatable bonds is 8. The molecule has 2 N–H and O–H groups in total. The zero-order valence-electron chi connectivity index (χ0n) is 10.3. The van der Waals surface area contributed by atoms with Gasteiger partial charge in [0.1, 0.15) is 0 Å². The van der Waals surface area contributed by atoms with Crippen LogP contribution in [0.3, 0.4) is 0 Å². The largest absolute Gasteiger partial charge is 0.450 e. The molecule has 0 heterocycles. The second-order valence-corrected chi connectivity index (χ2v) is 4.16. The van der Waals surface area contributed by atoms with Gasteiger partial charge in [-0.1, -0.05) is 19.4 Å². The van der Waals surface area contributed by atoms with E-state index in [2.05, 4.69) is 11.9 Å². The van der Waals surface area contributed by atoms with E-state index in [-0.39, 0.29) is 6.61 Å². The average Bonchev–Trinajstić information content (AvgIpc) is 2.27. The number of ether oxygens (including phenoxy) is 1. The van der Waals surface area contributed by atoms with Crippen molar-refractivity contribution in [2.24, 2.45) is 0 Å². The number of unbranched alkanes of at least 4 members (excludes halogenated alkanes) is 1. The Balaban J connectivity index is 3.98. The number of carbonyl (C=O) groups is 1. The smallest absolute Gasteiger partial charge is 0.407 e. The first-order chi connectivity index (χ1) is 7.58. The van der Waals surface area contributed by atoms with Crippen LogP contribution in [0.4, 0.5) is 4.79 Å². The van der Waals surface area contributed by atoms with Gasteiger partial charge >= 0.3 is 6.09 Å². The topological polar surface area (TPSA) is 58.6 Å². The Kier molecular flexibility index (Phi) is 7.64. The van der Waals surface area contributed by atoms with Crippen molar-refractivity contribution in [3.05, 3.63) is 12.7 Å². The van der Waals surface area contributed by atoms with Gasteiger partial charge in [0.05, 0.1) is 18.8 Å². The van der Waals surface area contributed by atoms with Crippen LogP contribution in [0.2, 0.25) is 0 Å². The molecule has 1 amide bonds. The van der Waals surface area contributed by atoms with Gasteiger partial charge in [-0.2, -0.15) is 0 Å². The van der Waals surface area contributed by atoms with Crippen LogP contribution in [0.5, 0.6) is 0 Å². The summed E-state index contributed by atoms with van der Waals surface area (Å²) in [5.74, 6) is 0. The molecule has 4 heteroatoms. The Morgan fingerprint density at radius 3 is 2.81 bits per heavy atom.